The van der Waals surface area contributed by atoms with Crippen molar-refractivity contribution < 1.29 is 9.84 Å². The standard InChI is InChI=1S/C9H8O2/c1-3-7-6-8(11-2)4-5-9(7)10/h1,4-6,10H,2H3. The second-order valence-electron chi connectivity index (χ2n) is 2.03. The van der Waals surface area contributed by atoms with Gasteiger partial charge in [-0.15, -0.1) is 6.42 Å². The molecular weight excluding hydrogens is 140 g/mol. The molecule has 0 radical (unpaired) electrons. The summed E-state index contributed by atoms with van der Waals surface area (Å²) >= 11 is 0. The average molecular weight is 148 g/mol. The fraction of sp³-hybridized carbons (Fsp3) is 0.111. The molecule has 0 spiro atoms. The van der Waals surface area contributed by atoms with E-state index >= 15 is 0 Å². The zero-order valence-electron chi connectivity index (χ0n) is 6.16. The highest BCUT2D eigenvalue weighted by Gasteiger charge is 1.98. The largest absolute Gasteiger partial charge is 0.507 e. The summed E-state index contributed by atoms with van der Waals surface area (Å²) in [5.41, 5.74) is 0.448. The van der Waals surface area contributed by atoms with Gasteiger partial charge in [0.2, 0.25) is 0 Å². The maximum absolute atomic E-state index is 9.13. The van der Waals surface area contributed by atoms with Crippen LogP contribution in [0.4, 0.5) is 0 Å². The van der Waals surface area contributed by atoms with Gasteiger partial charge in [-0.2, -0.15) is 0 Å². The van der Waals surface area contributed by atoms with Crippen LogP contribution in [0.15, 0.2) is 18.2 Å². The van der Waals surface area contributed by atoms with E-state index in [-0.39, 0.29) is 5.75 Å². The predicted octanol–water partition coefficient (Wildman–Crippen LogP) is 1.38. The van der Waals surface area contributed by atoms with Gasteiger partial charge in [0.05, 0.1) is 12.7 Å². The highest BCUT2D eigenvalue weighted by atomic mass is 16.5. The summed E-state index contributed by atoms with van der Waals surface area (Å²) in [5, 5.41) is 9.13. The van der Waals surface area contributed by atoms with E-state index in [1.54, 1.807) is 19.2 Å². The fourth-order valence-corrected chi connectivity index (χ4v) is 0.758. The Kier molecular flexibility index (Phi) is 2.03. The molecule has 0 amide bonds. The Bertz CT molecular complexity index is 297. The second-order valence-corrected chi connectivity index (χ2v) is 2.03. The summed E-state index contributed by atoms with van der Waals surface area (Å²) in [5.74, 6) is 3.09. The van der Waals surface area contributed by atoms with Crippen molar-refractivity contribution in [1.29, 1.82) is 0 Å². The van der Waals surface area contributed by atoms with Crippen molar-refractivity contribution in [2.45, 2.75) is 0 Å². The number of terminal acetylenes is 1. The highest BCUT2D eigenvalue weighted by molar-refractivity contribution is 5.48. The van der Waals surface area contributed by atoms with Crippen LogP contribution in [0.1, 0.15) is 5.56 Å². The van der Waals surface area contributed by atoms with Crippen LogP contribution in [0.25, 0.3) is 0 Å². The Morgan fingerprint density at radius 2 is 2.27 bits per heavy atom. The van der Waals surface area contributed by atoms with Crippen molar-refractivity contribution in [3.05, 3.63) is 23.8 Å². The molecule has 0 aromatic heterocycles. The minimum atomic E-state index is 0.105. The van der Waals surface area contributed by atoms with Gasteiger partial charge in [-0.05, 0) is 18.2 Å². The molecule has 0 heterocycles. The molecule has 0 saturated carbocycles. The predicted molar refractivity (Wildman–Crippen MR) is 42.6 cm³/mol. The molecule has 56 valence electrons. The number of hydrogen-bond acceptors (Lipinski definition) is 2. The van der Waals surface area contributed by atoms with E-state index in [0.717, 1.165) is 0 Å². The molecule has 0 unspecified atom stereocenters. The third-order valence-corrected chi connectivity index (χ3v) is 1.36. The molecule has 11 heavy (non-hydrogen) atoms. The maximum Gasteiger partial charge on any atom is 0.131 e. The van der Waals surface area contributed by atoms with E-state index < -0.39 is 0 Å². The van der Waals surface area contributed by atoms with Crippen molar-refractivity contribution in [3.8, 4) is 23.8 Å². The average Bonchev–Trinajstić information content (AvgIpc) is 2.05. The Morgan fingerprint density at radius 1 is 1.55 bits per heavy atom. The van der Waals surface area contributed by atoms with Gasteiger partial charge in [0.15, 0.2) is 0 Å². The first kappa shape index (κ1) is 7.49. The van der Waals surface area contributed by atoms with Crippen LogP contribution in [0.2, 0.25) is 0 Å². The molecule has 0 aliphatic carbocycles. The molecule has 0 saturated heterocycles. The van der Waals surface area contributed by atoms with E-state index in [9.17, 15) is 0 Å². The number of hydrogen-bond donors (Lipinski definition) is 1. The van der Waals surface area contributed by atoms with Gasteiger partial charge in [-0.25, -0.2) is 0 Å². The number of phenols is 1. The molecule has 1 aromatic rings. The first-order valence-corrected chi connectivity index (χ1v) is 3.11. The van der Waals surface area contributed by atoms with Crippen molar-refractivity contribution in [2.75, 3.05) is 7.11 Å². The SMILES string of the molecule is C#Cc1cc(OC)ccc1O. The smallest absolute Gasteiger partial charge is 0.131 e. The van der Waals surface area contributed by atoms with E-state index in [1.807, 2.05) is 0 Å². The number of benzene rings is 1. The number of rotatable bonds is 1. The summed E-state index contributed by atoms with van der Waals surface area (Å²) < 4.78 is 4.90. The molecule has 0 aliphatic heterocycles. The van der Waals surface area contributed by atoms with Gasteiger partial charge >= 0.3 is 0 Å². The molecule has 1 rings (SSSR count). The van der Waals surface area contributed by atoms with Crippen LogP contribution in [-0.4, -0.2) is 12.2 Å². The number of methoxy groups -OCH3 is 1. The third-order valence-electron chi connectivity index (χ3n) is 1.36. The summed E-state index contributed by atoms with van der Waals surface area (Å²) in [6, 6.07) is 4.76. The van der Waals surface area contributed by atoms with Crippen LogP contribution in [0.5, 0.6) is 11.5 Å². The summed E-state index contributed by atoms with van der Waals surface area (Å²) in [6.45, 7) is 0. The molecule has 0 atom stereocenters. The lowest BCUT2D eigenvalue weighted by atomic mass is 10.2. The summed E-state index contributed by atoms with van der Waals surface area (Å²) in [7, 11) is 1.55. The molecule has 2 nitrogen and oxygen atoms in total. The Morgan fingerprint density at radius 3 is 2.82 bits per heavy atom. The third kappa shape index (κ3) is 1.44. The molecule has 2 heteroatoms. The van der Waals surface area contributed by atoms with Gasteiger partial charge in [-0.3, -0.25) is 0 Å². The minimum absolute atomic E-state index is 0.105. The van der Waals surface area contributed by atoms with Crippen molar-refractivity contribution >= 4 is 0 Å². The van der Waals surface area contributed by atoms with E-state index in [2.05, 4.69) is 5.92 Å². The topological polar surface area (TPSA) is 29.5 Å². The minimum Gasteiger partial charge on any atom is -0.507 e. The van der Waals surface area contributed by atoms with E-state index in [4.69, 9.17) is 16.3 Å². The number of ether oxygens (including phenoxy) is 1. The fourth-order valence-electron chi connectivity index (χ4n) is 0.758. The number of phenolic OH excluding ortho intramolecular Hbond substituents is 1. The summed E-state index contributed by atoms with van der Waals surface area (Å²) in [6.07, 6.45) is 5.11. The van der Waals surface area contributed by atoms with E-state index in [0.29, 0.717) is 11.3 Å². The summed E-state index contributed by atoms with van der Waals surface area (Å²) in [4.78, 5) is 0. The second kappa shape index (κ2) is 2.98. The van der Waals surface area contributed by atoms with Gasteiger partial charge in [0, 0.05) is 0 Å². The van der Waals surface area contributed by atoms with Crippen molar-refractivity contribution in [2.24, 2.45) is 0 Å². The van der Waals surface area contributed by atoms with Crippen LogP contribution >= 0.6 is 0 Å². The monoisotopic (exact) mass is 148 g/mol. The molecular formula is C9H8O2. The zero-order valence-corrected chi connectivity index (χ0v) is 6.16. The van der Waals surface area contributed by atoms with Gasteiger partial charge in [0.1, 0.15) is 11.5 Å². The first-order valence-electron chi connectivity index (χ1n) is 3.11. The maximum atomic E-state index is 9.13. The van der Waals surface area contributed by atoms with Gasteiger partial charge in [-0.1, -0.05) is 5.92 Å². The van der Waals surface area contributed by atoms with Gasteiger partial charge < -0.3 is 9.84 Å². The molecule has 0 bridgehead atoms. The number of aromatic hydroxyl groups is 1. The van der Waals surface area contributed by atoms with Gasteiger partial charge in [0.25, 0.3) is 0 Å². The lowest BCUT2D eigenvalue weighted by Gasteiger charge is -2.00. The molecule has 0 aliphatic rings. The Labute approximate surface area is 65.4 Å². The normalized spacial score (nSPS) is 8.73. The Hall–Kier alpha value is -1.62. The molecule has 0 fully saturated rings. The van der Waals surface area contributed by atoms with Crippen LogP contribution in [-0.2, 0) is 0 Å². The Balaban J connectivity index is 3.15. The van der Waals surface area contributed by atoms with Crippen LogP contribution in [0, 0.1) is 12.3 Å². The quantitative estimate of drug-likeness (QED) is 0.610. The first-order chi connectivity index (χ1) is 5.27. The molecule has 1 N–H and O–H groups in total. The van der Waals surface area contributed by atoms with Crippen molar-refractivity contribution in [3.63, 3.8) is 0 Å². The highest BCUT2D eigenvalue weighted by Crippen LogP contribution is 2.21. The molecule has 1 aromatic carbocycles. The van der Waals surface area contributed by atoms with Crippen LogP contribution < -0.4 is 4.74 Å². The van der Waals surface area contributed by atoms with Crippen molar-refractivity contribution in [1.82, 2.24) is 0 Å². The zero-order chi connectivity index (χ0) is 8.27. The lowest BCUT2D eigenvalue weighted by molar-refractivity contribution is 0.412. The lowest BCUT2D eigenvalue weighted by Crippen LogP contribution is -1.83. The van der Waals surface area contributed by atoms with E-state index in [1.165, 1.54) is 6.07 Å². The van der Waals surface area contributed by atoms with Crippen LogP contribution in [0.3, 0.4) is 0 Å².